The third kappa shape index (κ3) is 10.4. The summed E-state index contributed by atoms with van der Waals surface area (Å²) in [5.74, 6) is -0.125. The van der Waals surface area contributed by atoms with Crippen molar-refractivity contribution in [3.63, 3.8) is 0 Å². The predicted octanol–water partition coefficient (Wildman–Crippen LogP) is 4.77. The van der Waals surface area contributed by atoms with Crippen LogP contribution in [0.15, 0.2) is 57.6 Å². The molecule has 0 aliphatic carbocycles. The molecule has 0 aliphatic heterocycles. The van der Waals surface area contributed by atoms with Crippen LogP contribution in [-0.2, 0) is 4.79 Å². The van der Waals surface area contributed by atoms with Gasteiger partial charge in [0.05, 0.1) is 5.69 Å². The molecule has 0 radical (unpaired) electrons. The molecule has 2 heterocycles. The third-order valence-electron chi connectivity index (χ3n) is 3.87. The molecule has 2 aromatic rings. The average molecular weight is 460 g/mol. The zero-order chi connectivity index (χ0) is 24.7. The van der Waals surface area contributed by atoms with Gasteiger partial charge >= 0.3 is 0 Å². The van der Waals surface area contributed by atoms with E-state index in [1.54, 1.807) is 25.4 Å². The number of carbonyl (C=O) groups excluding carboxylic acids is 1. The van der Waals surface area contributed by atoms with E-state index >= 15 is 0 Å². The topological polar surface area (TPSA) is 80.1 Å². The average Bonchev–Trinajstić information content (AvgIpc) is 2.77. The molecule has 1 atom stereocenters. The number of carbonyl (C=O) groups is 1. The fraction of sp³-hybridized carbons (Fsp3) is 0.417. The maximum absolute atomic E-state index is 12.8. The Morgan fingerprint density at radius 1 is 1.22 bits per heavy atom. The maximum atomic E-state index is 12.8. The molecule has 0 aromatic carbocycles. The summed E-state index contributed by atoms with van der Waals surface area (Å²) in [5, 5.41) is 3.46. The number of rotatable bonds is 6. The first-order valence-corrected chi connectivity index (χ1v) is 11.4. The maximum Gasteiger partial charge on any atom is 0.271 e. The van der Waals surface area contributed by atoms with Gasteiger partial charge in [0, 0.05) is 45.1 Å². The first kappa shape index (κ1) is 29.1. The van der Waals surface area contributed by atoms with E-state index in [0.717, 1.165) is 10.7 Å². The van der Waals surface area contributed by atoms with Crippen LogP contribution < -0.4 is 15.8 Å². The van der Waals surface area contributed by atoms with Crippen LogP contribution >= 0.6 is 11.8 Å². The molecule has 1 N–H and O–H groups in total. The van der Waals surface area contributed by atoms with Gasteiger partial charge in [-0.25, -0.2) is 9.97 Å². The van der Waals surface area contributed by atoms with E-state index in [0.29, 0.717) is 10.6 Å². The second-order valence-corrected chi connectivity index (χ2v) is 7.75. The second kappa shape index (κ2) is 15.9. The van der Waals surface area contributed by atoms with Gasteiger partial charge in [-0.2, -0.15) is 0 Å². The Labute approximate surface area is 196 Å². The summed E-state index contributed by atoms with van der Waals surface area (Å²) in [4.78, 5) is 35.0. The number of anilines is 1. The molecule has 0 fully saturated rings. The minimum absolute atomic E-state index is 0.125. The monoisotopic (exact) mass is 459 g/mol. The van der Waals surface area contributed by atoms with Gasteiger partial charge in [-0.15, -0.1) is 0 Å². The van der Waals surface area contributed by atoms with Crippen LogP contribution in [0.1, 0.15) is 47.2 Å². The standard InChI is InChI=1S/C18H23N5O2S.C4H8.C2H6/c1-12(21-14(3)24)7-9-23-11-20-13(2)17(18(23)25)26-16-10-15(22(4)5)6-8-19-16;1-3-4-2;1-2/h6-12H,1-5H3,(H,21,24);3-4H,1-2H3;1-2H3/b9-7+;4-3-;. The Kier molecular flexibility index (Phi) is 14.4. The van der Waals surface area contributed by atoms with Crippen molar-refractivity contribution in [3.05, 3.63) is 58.9 Å². The molecular formula is C24H37N5O2S. The third-order valence-corrected chi connectivity index (χ3v) is 4.98. The molecule has 0 saturated heterocycles. The number of hydrogen-bond donors (Lipinski definition) is 1. The number of pyridine rings is 1. The van der Waals surface area contributed by atoms with E-state index in [9.17, 15) is 9.59 Å². The van der Waals surface area contributed by atoms with Gasteiger partial charge in [-0.3, -0.25) is 14.2 Å². The largest absolute Gasteiger partial charge is 0.378 e. The summed E-state index contributed by atoms with van der Waals surface area (Å²) in [6.45, 7) is 13.1. The molecule has 0 bridgehead atoms. The van der Waals surface area contributed by atoms with Crippen molar-refractivity contribution in [1.29, 1.82) is 0 Å². The van der Waals surface area contributed by atoms with Gasteiger partial charge in [0.2, 0.25) is 5.91 Å². The number of nitrogens with zero attached hydrogens (tertiary/aromatic N) is 4. The number of amides is 1. The first-order valence-electron chi connectivity index (χ1n) is 10.6. The quantitative estimate of drug-likeness (QED) is 0.627. The fourth-order valence-corrected chi connectivity index (χ4v) is 3.08. The van der Waals surface area contributed by atoms with Gasteiger partial charge in [-0.1, -0.05) is 37.8 Å². The highest BCUT2D eigenvalue weighted by Gasteiger charge is 2.11. The normalized spacial score (nSPS) is 11.3. The molecule has 0 spiro atoms. The zero-order valence-corrected chi connectivity index (χ0v) is 21.5. The summed E-state index contributed by atoms with van der Waals surface area (Å²) < 4.78 is 1.41. The molecule has 1 amide bonds. The number of allylic oxidation sites excluding steroid dienone is 2. The number of aromatic nitrogens is 3. The van der Waals surface area contributed by atoms with Crippen molar-refractivity contribution >= 4 is 29.6 Å². The molecule has 2 rings (SSSR count). The lowest BCUT2D eigenvalue weighted by molar-refractivity contribution is -0.119. The Hall–Kier alpha value is -2.87. The molecular weight excluding hydrogens is 422 g/mol. The predicted molar refractivity (Wildman–Crippen MR) is 136 cm³/mol. The summed E-state index contributed by atoms with van der Waals surface area (Å²) in [6.07, 6.45) is 10.5. The van der Waals surface area contributed by atoms with Crippen molar-refractivity contribution in [2.75, 3.05) is 19.0 Å². The molecule has 2 aromatic heterocycles. The highest BCUT2D eigenvalue weighted by molar-refractivity contribution is 7.99. The Morgan fingerprint density at radius 2 is 1.84 bits per heavy atom. The minimum Gasteiger partial charge on any atom is -0.378 e. The first-order chi connectivity index (χ1) is 15.2. The minimum atomic E-state index is -0.185. The Bertz CT molecular complexity index is 948. The van der Waals surface area contributed by atoms with E-state index in [1.807, 2.05) is 77.9 Å². The lowest BCUT2D eigenvalue weighted by Gasteiger charge is -2.13. The Balaban J connectivity index is 0.00000144. The van der Waals surface area contributed by atoms with Crippen molar-refractivity contribution in [2.24, 2.45) is 0 Å². The van der Waals surface area contributed by atoms with Crippen LogP contribution in [0.3, 0.4) is 0 Å². The van der Waals surface area contributed by atoms with Crippen LogP contribution in [0, 0.1) is 6.92 Å². The lowest BCUT2D eigenvalue weighted by Crippen LogP contribution is -2.29. The summed E-state index contributed by atoms with van der Waals surface area (Å²) >= 11 is 1.29. The van der Waals surface area contributed by atoms with Gasteiger partial charge in [0.25, 0.3) is 5.56 Å². The van der Waals surface area contributed by atoms with E-state index < -0.39 is 0 Å². The number of nitrogens with one attached hydrogen (secondary N) is 1. The summed E-state index contributed by atoms with van der Waals surface area (Å²) in [6, 6.07) is 3.65. The smallest absolute Gasteiger partial charge is 0.271 e. The SMILES string of the molecule is C/C=C\C.CC.CC(=O)NC(C)/C=C/n1cnc(C)c(Sc2cc(N(C)C)ccn2)c1=O. The van der Waals surface area contributed by atoms with E-state index in [-0.39, 0.29) is 17.5 Å². The fourth-order valence-electron chi connectivity index (χ4n) is 2.18. The molecule has 0 aliphatic rings. The molecule has 32 heavy (non-hydrogen) atoms. The summed E-state index contributed by atoms with van der Waals surface area (Å²) in [7, 11) is 3.90. The van der Waals surface area contributed by atoms with E-state index in [2.05, 4.69) is 15.3 Å². The molecule has 0 saturated carbocycles. The lowest BCUT2D eigenvalue weighted by atomic mass is 10.3. The van der Waals surface area contributed by atoms with Gasteiger partial charge in [-0.05, 0) is 45.9 Å². The van der Waals surface area contributed by atoms with E-state index in [4.69, 9.17) is 0 Å². The molecule has 1 unspecified atom stereocenters. The van der Waals surface area contributed by atoms with Gasteiger partial charge in [0.15, 0.2) is 0 Å². The highest BCUT2D eigenvalue weighted by atomic mass is 32.2. The number of aryl methyl sites for hydroxylation is 1. The van der Waals surface area contributed by atoms with Crippen molar-refractivity contribution in [3.8, 4) is 0 Å². The van der Waals surface area contributed by atoms with Crippen LogP contribution in [0.4, 0.5) is 5.69 Å². The Morgan fingerprint density at radius 3 is 2.38 bits per heavy atom. The highest BCUT2D eigenvalue weighted by Crippen LogP contribution is 2.27. The number of hydrogen-bond acceptors (Lipinski definition) is 6. The van der Waals surface area contributed by atoms with E-state index in [1.165, 1.54) is 29.6 Å². The molecule has 8 heteroatoms. The van der Waals surface area contributed by atoms with Crippen LogP contribution in [0.25, 0.3) is 6.20 Å². The van der Waals surface area contributed by atoms with Crippen LogP contribution in [0.2, 0.25) is 0 Å². The van der Waals surface area contributed by atoms with Crippen molar-refractivity contribution < 1.29 is 4.79 Å². The summed E-state index contributed by atoms with van der Waals surface area (Å²) in [5.41, 5.74) is 1.48. The van der Waals surface area contributed by atoms with Crippen LogP contribution in [-0.4, -0.2) is 40.6 Å². The second-order valence-electron chi connectivity index (χ2n) is 6.72. The van der Waals surface area contributed by atoms with Gasteiger partial charge < -0.3 is 10.2 Å². The van der Waals surface area contributed by atoms with Gasteiger partial charge in [0.1, 0.15) is 16.2 Å². The molecule has 7 nitrogen and oxygen atoms in total. The van der Waals surface area contributed by atoms with Crippen molar-refractivity contribution in [2.45, 2.75) is 64.4 Å². The van der Waals surface area contributed by atoms with Crippen molar-refractivity contribution in [1.82, 2.24) is 19.9 Å². The van der Waals surface area contributed by atoms with Crippen LogP contribution in [0.5, 0.6) is 0 Å². The zero-order valence-electron chi connectivity index (χ0n) is 20.7. The molecule has 176 valence electrons.